The van der Waals surface area contributed by atoms with Crippen molar-refractivity contribution in [3.63, 3.8) is 0 Å². The first kappa shape index (κ1) is 14.3. The summed E-state index contributed by atoms with van der Waals surface area (Å²) in [7, 11) is 0. The van der Waals surface area contributed by atoms with Gasteiger partial charge >= 0.3 is 0 Å². The smallest absolute Gasteiger partial charge is 0.255 e. The van der Waals surface area contributed by atoms with Gasteiger partial charge in [0.15, 0.2) is 5.96 Å². The summed E-state index contributed by atoms with van der Waals surface area (Å²) in [4.78, 5) is 16.1. The molecule has 0 aromatic carbocycles. The fourth-order valence-corrected chi connectivity index (χ4v) is 1.49. The minimum atomic E-state index is 0.000379. The van der Waals surface area contributed by atoms with Gasteiger partial charge in [-0.05, 0) is 18.9 Å². The SMILES string of the molecule is CCn1cccc(CN=C(N)NCC(C)C)c1=O. The van der Waals surface area contributed by atoms with E-state index in [1.54, 1.807) is 16.8 Å². The molecule has 0 amide bonds. The van der Waals surface area contributed by atoms with E-state index in [0.29, 0.717) is 30.5 Å². The molecule has 0 saturated carbocycles. The van der Waals surface area contributed by atoms with Crippen molar-refractivity contribution in [1.82, 2.24) is 9.88 Å². The molecule has 18 heavy (non-hydrogen) atoms. The number of aryl methyl sites for hydroxylation is 1. The molecule has 3 N–H and O–H groups in total. The molecule has 1 aromatic rings. The second kappa shape index (κ2) is 6.83. The molecule has 0 bridgehead atoms. The van der Waals surface area contributed by atoms with Crippen LogP contribution in [0.3, 0.4) is 0 Å². The molecular formula is C13H22N4O. The number of hydrogen-bond acceptors (Lipinski definition) is 2. The van der Waals surface area contributed by atoms with Gasteiger partial charge in [0.1, 0.15) is 0 Å². The second-order valence-corrected chi connectivity index (χ2v) is 4.60. The molecule has 1 rings (SSSR count). The maximum absolute atomic E-state index is 11.9. The summed E-state index contributed by atoms with van der Waals surface area (Å²) in [5, 5.41) is 3.02. The molecule has 0 fully saturated rings. The van der Waals surface area contributed by atoms with Crippen LogP contribution in [0, 0.1) is 5.92 Å². The van der Waals surface area contributed by atoms with Crippen molar-refractivity contribution in [1.29, 1.82) is 0 Å². The normalized spacial score (nSPS) is 11.9. The lowest BCUT2D eigenvalue weighted by molar-refractivity contribution is 0.621. The Hall–Kier alpha value is -1.78. The standard InChI is InChI=1S/C13H22N4O/c1-4-17-7-5-6-11(12(17)18)9-16-13(14)15-8-10(2)3/h5-7,10H,4,8-9H2,1-3H3,(H3,14,15,16). The highest BCUT2D eigenvalue weighted by Crippen LogP contribution is 1.95. The second-order valence-electron chi connectivity index (χ2n) is 4.60. The number of aliphatic imine (C=N–C) groups is 1. The molecule has 5 heteroatoms. The van der Waals surface area contributed by atoms with Crippen LogP contribution in [0.4, 0.5) is 0 Å². The maximum atomic E-state index is 11.9. The Kier molecular flexibility index (Phi) is 5.42. The van der Waals surface area contributed by atoms with E-state index >= 15 is 0 Å². The average Bonchev–Trinajstić information content (AvgIpc) is 2.35. The highest BCUT2D eigenvalue weighted by molar-refractivity contribution is 5.77. The van der Waals surface area contributed by atoms with Crippen LogP contribution in [0.1, 0.15) is 26.3 Å². The molecule has 0 spiro atoms. The molecule has 0 unspecified atom stereocenters. The van der Waals surface area contributed by atoms with Crippen molar-refractivity contribution in [2.24, 2.45) is 16.6 Å². The van der Waals surface area contributed by atoms with Crippen LogP contribution in [-0.2, 0) is 13.1 Å². The molecule has 1 heterocycles. The van der Waals surface area contributed by atoms with Gasteiger partial charge in [-0.25, -0.2) is 4.99 Å². The lowest BCUT2D eigenvalue weighted by atomic mass is 10.2. The highest BCUT2D eigenvalue weighted by Gasteiger charge is 2.01. The number of aromatic nitrogens is 1. The topological polar surface area (TPSA) is 72.4 Å². The van der Waals surface area contributed by atoms with E-state index in [0.717, 1.165) is 6.54 Å². The summed E-state index contributed by atoms with van der Waals surface area (Å²) in [5.74, 6) is 0.891. The first-order valence-corrected chi connectivity index (χ1v) is 6.26. The quantitative estimate of drug-likeness (QED) is 0.603. The lowest BCUT2D eigenvalue weighted by Gasteiger charge is -2.08. The summed E-state index contributed by atoms with van der Waals surface area (Å²) in [5.41, 5.74) is 6.38. The van der Waals surface area contributed by atoms with E-state index in [2.05, 4.69) is 24.2 Å². The van der Waals surface area contributed by atoms with E-state index in [9.17, 15) is 4.79 Å². The van der Waals surface area contributed by atoms with Crippen molar-refractivity contribution < 1.29 is 0 Å². The lowest BCUT2D eigenvalue weighted by Crippen LogP contribution is -2.34. The zero-order valence-corrected chi connectivity index (χ0v) is 11.3. The van der Waals surface area contributed by atoms with Crippen LogP contribution in [-0.4, -0.2) is 17.1 Å². The van der Waals surface area contributed by atoms with Crippen molar-refractivity contribution in [2.45, 2.75) is 33.9 Å². The number of guanidine groups is 1. The molecular weight excluding hydrogens is 228 g/mol. The number of nitrogens with one attached hydrogen (secondary N) is 1. The van der Waals surface area contributed by atoms with Gasteiger partial charge in [-0.3, -0.25) is 4.79 Å². The summed E-state index contributed by atoms with van der Waals surface area (Å²) in [6.07, 6.45) is 1.77. The Morgan fingerprint density at radius 2 is 2.28 bits per heavy atom. The molecule has 0 aliphatic rings. The third-order valence-corrected chi connectivity index (χ3v) is 2.55. The van der Waals surface area contributed by atoms with Crippen LogP contribution < -0.4 is 16.6 Å². The first-order valence-electron chi connectivity index (χ1n) is 6.26. The van der Waals surface area contributed by atoms with E-state index in [4.69, 9.17) is 5.73 Å². The molecule has 0 atom stereocenters. The van der Waals surface area contributed by atoms with E-state index < -0.39 is 0 Å². The highest BCUT2D eigenvalue weighted by atomic mass is 16.1. The van der Waals surface area contributed by atoms with E-state index in [-0.39, 0.29) is 5.56 Å². The first-order chi connectivity index (χ1) is 8.54. The fourth-order valence-electron chi connectivity index (χ4n) is 1.49. The number of rotatable bonds is 5. The number of nitrogens with zero attached hydrogens (tertiary/aromatic N) is 2. The minimum Gasteiger partial charge on any atom is -0.370 e. The minimum absolute atomic E-state index is 0.000379. The van der Waals surface area contributed by atoms with Crippen molar-refractivity contribution in [3.05, 3.63) is 34.2 Å². The summed E-state index contributed by atoms with van der Waals surface area (Å²) in [6.45, 7) is 7.89. The zero-order chi connectivity index (χ0) is 13.5. The van der Waals surface area contributed by atoms with Gasteiger partial charge in [0.25, 0.3) is 5.56 Å². The molecule has 5 nitrogen and oxygen atoms in total. The van der Waals surface area contributed by atoms with E-state index in [1.807, 2.05) is 13.0 Å². The van der Waals surface area contributed by atoms with Crippen LogP contribution in [0.25, 0.3) is 0 Å². The summed E-state index contributed by atoms with van der Waals surface area (Å²) >= 11 is 0. The van der Waals surface area contributed by atoms with E-state index in [1.165, 1.54) is 0 Å². The third-order valence-electron chi connectivity index (χ3n) is 2.55. The Balaban J connectivity index is 2.68. The van der Waals surface area contributed by atoms with Gasteiger partial charge in [-0.2, -0.15) is 0 Å². The third kappa shape index (κ3) is 4.24. The molecule has 0 aliphatic heterocycles. The summed E-state index contributed by atoms with van der Waals surface area (Å²) < 4.78 is 1.66. The van der Waals surface area contributed by atoms with Crippen LogP contribution >= 0.6 is 0 Å². The molecule has 100 valence electrons. The van der Waals surface area contributed by atoms with Crippen LogP contribution in [0.2, 0.25) is 0 Å². The van der Waals surface area contributed by atoms with Gasteiger partial charge in [0.05, 0.1) is 6.54 Å². The van der Waals surface area contributed by atoms with Gasteiger partial charge < -0.3 is 15.6 Å². The molecule has 1 aromatic heterocycles. The van der Waals surface area contributed by atoms with Gasteiger partial charge in [-0.15, -0.1) is 0 Å². The molecule has 0 aliphatic carbocycles. The average molecular weight is 250 g/mol. The Morgan fingerprint density at radius 3 is 2.89 bits per heavy atom. The summed E-state index contributed by atoms with van der Waals surface area (Å²) in [6, 6.07) is 3.64. The van der Waals surface area contributed by atoms with Crippen LogP contribution in [0.15, 0.2) is 28.1 Å². The Labute approximate surface area is 108 Å². The number of pyridine rings is 1. The Bertz CT molecular complexity index is 462. The van der Waals surface area contributed by atoms with Gasteiger partial charge in [-0.1, -0.05) is 19.9 Å². The predicted molar refractivity (Wildman–Crippen MR) is 74.5 cm³/mol. The van der Waals surface area contributed by atoms with Gasteiger partial charge in [0, 0.05) is 24.8 Å². The predicted octanol–water partition coefficient (Wildman–Crippen LogP) is 0.928. The monoisotopic (exact) mass is 250 g/mol. The fraction of sp³-hybridized carbons (Fsp3) is 0.538. The van der Waals surface area contributed by atoms with Crippen molar-refractivity contribution in [3.8, 4) is 0 Å². The van der Waals surface area contributed by atoms with Crippen molar-refractivity contribution in [2.75, 3.05) is 6.54 Å². The molecule has 0 radical (unpaired) electrons. The largest absolute Gasteiger partial charge is 0.370 e. The molecule has 0 saturated heterocycles. The van der Waals surface area contributed by atoms with Crippen LogP contribution in [0.5, 0.6) is 0 Å². The van der Waals surface area contributed by atoms with Crippen molar-refractivity contribution >= 4 is 5.96 Å². The number of hydrogen-bond donors (Lipinski definition) is 2. The Morgan fingerprint density at radius 1 is 1.56 bits per heavy atom. The van der Waals surface area contributed by atoms with Gasteiger partial charge in [0.2, 0.25) is 0 Å². The maximum Gasteiger partial charge on any atom is 0.255 e. The number of nitrogens with two attached hydrogens (primary N) is 1. The zero-order valence-electron chi connectivity index (χ0n) is 11.3.